The zero-order chi connectivity index (χ0) is 45.4. The third-order valence-electron chi connectivity index (χ3n) is 14.0. The summed E-state index contributed by atoms with van der Waals surface area (Å²) in [5.74, 6) is 0. The Kier molecular flexibility index (Phi) is 8.86. The van der Waals surface area contributed by atoms with E-state index < -0.39 is 0 Å². The van der Waals surface area contributed by atoms with E-state index in [0.29, 0.717) is 0 Å². The molecule has 0 N–H and O–H groups in total. The number of hydrogen-bond donors (Lipinski definition) is 0. The van der Waals surface area contributed by atoms with Crippen LogP contribution in [0, 0.1) is 0 Å². The summed E-state index contributed by atoms with van der Waals surface area (Å²) in [7, 11) is 0. The van der Waals surface area contributed by atoms with Crippen molar-refractivity contribution in [2.75, 3.05) is 0 Å². The molecule has 4 nitrogen and oxygen atoms in total. The van der Waals surface area contributed by atoms with E-state index in [1.54, 1.807) is 0 Å². The van der Waals surface area contributed by atoms with Crippen LogP contribution >= 0.6 is 0 Å². The molecule has 0 unspecified atom stereocenters. The van der Waals surface area contributed by atoms with Gasteiger partial charge in [-0.25, -0.2) is 4.98 Å². The molecule has 69 heavy (non-hydrogen) atoms. The predicted molar refractivity (Wildman–Crippen MR) is 289 cm³/mol. The molecule has 4 heteroatoms. The lowest BCUT2D eigenvalue weighted by Crippen LogP contribution is -2.00. The van der Waals surface area contributed by atoms with Crippen molar-refractivity contribution in [2.24, 2.45) is 0 Å². The predicted octanol–water partition coefficient (Wildman–Crippen LogP) is 17.0. The molecular weight excluding hydrogens is 837 g/mol. The third-order valence-corrected chi connectivity index (χ3v) is 14.0. The van der Waals surface area contributed by atoms with E-state index in [1.165, 1.54) is 65.4 Å². The van der Waals surface area contributed by atoms with Gasteiger partial charge in [0.05, 0.1) is 44.5 Å². The molecule has 10 aromatic carbocycles. The highest BCUT2D eigenvalue weighted by Gasteiger charge is 2.19. The molecular formula is C65H42N4. The van der Waals surface area contributed by atoms with Crippen molar-refractivity contribution in [3.63, 3.8) is 0 Å². The molecule has 0 aliphatic rings. The second kappa shape index (κ2) is 15.7. The van der Waals surface area contributed by atoms with Gasteiger partial charge < -0.3 is 13.7 Å². The zero-order valence-corrected chi connectivity index (χ0v) is 37.5. The van der Waals surface area contributed by atoms with E-state index in [1.807, 2.05) is 0 Å². The minimum atomic E-state index is 0.913. The topological polar surface area (TPSA) is 27.7 Å². The first-order valence-electron chi connectivity index (χ1n) is 23.6. The molecule has 4 heterocycles. The van der Waals surface area contributed by atoms with E-state index in [-0.39, 0.29) is 0 Å². The quantitative estimate of drug-likeness (QED) is 0.157. The van der Waals surface area contributed by atoms with Crippen LogP contribution in [-0.2, 0) is 0 Å². The van der Waals surface area contributed by atoms with Crippen molar-refractivity contribution < 1.29 is 0 Å². The summed E-state index contributed by atoms with van der Waals surface area (Å²) < 4.78 is 7.23. The average Bonchev–Trinajstić information content (AvgIpc) is 4.07. The van der Waals surface area contributed by atoms with Gasteiger partial charge in [-0.3, -0.25) is 0 Å². The number of para-hydroxylation sites is 6. The summed E-state index contributed by atoms with van der Waals surface area (Å²) in [4.78, 5) is 5.43. The van der Waals surface area contributed by atoms with E-state index in [0.717, 1.165) is 61.8 Å². The number of fused-ring (bicyclic) bond motifs is 9. The van der Waals surface area contributed by atoms with Crippen LogP contribution in [0.4, 0.5) is 0 Å². The van der Waals surface area contributed by atoms with Gasteiger partial charge in [0.2, 0.25) is 0 Å². The fraction of sp³-hybridized carbons (Fsp3) is 0. The number of aromatic nitrogens is 4. The van der Waals surface area contributed by atoms with Gasteiger partial charge in [-0.15, -0.1) is 0 Å². The van der Waals surface area contributed by atoms with Crippen molar-refractivity contribution in [3.8, 4) is 61.8 Å². The van der Waals surface area contributed by atoms with Gasteiger partial charge in [0.15, 0.2) is 0 Å². The summed E-state index contributed by atoms with van der Waals surface area (Å²) in [5.41, 5.74) is 18.8. The molecule has 0 aliphatic carbocycles. The lowest BCUT2D eigenvalue weighted by atomic mass is 9.97. The van der Waals surface area contributed by atoms with Crippen molar-refractivity contribution in [1.82, 2.24) is 18.7 Å². The maximum atomic E-state index is 5.43. The van der Waals surface area contributed by atoms with Crippen molar-refractivity contribution in [3.05, 3.63) is 255 Å². The standard InChI is InChI=1S/C65H42N4/c1-2-17-44(18-3-1)58-40-48(41-59(66-58)46-20-16-19-45(37-46)43-33-35-49(36-34-43)67-60-27-10-4-21-52(60)53-22-5-11-28-61(53)67)47-38-50(68-62-29-12-6-23-54(62)55-24-7-13-30-63(55)68)42-51(39-47)69-64-31-14-8-25-56(64)57-26-9-15-32-65(57)69/h1-42H. The maximum Gasteiger partial charge on any atom is 0.0715 e. The second-order valence-corrected chi connectivity index (χ2v) is 18.0. The Balaban J connectivity index is 0.953. The number of rotatable bonds is 7. The Morgan fingerprint density at radius 2 is 0.551 bits per heavy atom. The Bertz CT molecular complexity index is 4010. The SMILES string of the molecule is c1ccc(-c2cc(-c3cc(-n4c5ccccc5c5ccccc54)cc(-n4c5ccccc5c5ccccc54)c3)cc(-c3cccc(-c4ccc(-n5c6ccccc6c6ccccc65)cc4)c3)n2)cc1. The van der Waals surface area contributed by atoms with Crippen molar-refractivity contribution in [2.45, 2.75) is 0 Å². The van der Waals surface area contributed by atoms with E-state index >= 15 is 0 Å². The van der Waals surface area contributed by atoms with E-state index in [2.05, 4.69) is 268 Å². The van der Waals surface area contributed by atoms with Gasteiger partial charge in [0.1, 0.15) is 0 Å². The maximum absolute atomic E-state index is 5.43. The fourth-order valence-electron chi connectivity index (χ4n) is 10.9. The van der Waals surface area contributed by atoms with Gasteiger partial charge in [-0.05, 0) is 107 Å². The highest BCUT2D eigenvalue weighted by Crippen LogP contribution is 2.40. The average molecular weight is 879 g/mol. The molecule has 0 aliphatic heterocycles. The number of nitrogens with zero attached hydrogens (tertiary/aromatic N) is 4. The fourth-order valence-corrected chi connectivity index (χ4v) is 10.9. The summed E-state index contributed by atoms with van der Waals surface area (Å²) in [6.07, 6.45) is 0. The highest BCUT2D eigenvalue weighted by molar-refractivity contribution is 6.11. The minimum Gasteiger partial charge on any atom is -0.309 e. The summed E-state index contributed by atoms with van der Waals surface area (Å²) >= 11 is 0. The first kappa shape index (κ1) is 39.0. The van der Waals surface area contributed by atoms with Crippen LogP contribution in [0.5, 0.6) is 0 Å². The summed E-state index contributed by atoms with van der Waals surface area (Å²) in [5, 5.41) is 7.45. The molecule has 0 bridgehead atoms. The van der Waals surface area contributed by atoms with Crippen LogP contribution in [0.1, 0.15) is 0 Å². The van der Waals surface area contributed by atoms with Crippen LogP contribution in [-0.4, -0.2) is 18.7 Å². The number of hydrogen-bond acceptors (Lipinski definition) is 1. The molecule has 14 rings (SSSR count). The number of benzene rings is 10. The van der Waals surface area contributed by atoms with Crippen molar-refractivity contribution in [1.29, 1.82) is 0 Å². The highest BCUT2D eigenvalue weighted by atomic mass is 15.0. The Hall–Kier alpha value is -9.25. The molecule has 0 atom stereocenters. The van der Waals surface area contributed by atoms with Crippen molar-refractivity contribution >= 4 is 65.4 Å². The Morgan fingerprint density at radius 3 is 1.00 bits per heavy atom. The molecule has 0 radical (unpaired) electrons. The summed E-state index contributed by atoms with van der Waals surface area (Å²) in [6.45, 7) is 0. The van der Waals surface area contributed by atoms with E-state index in [4.69, 9.17) is 4.98 Å². The van der Waals surface area contributed by atoms with Crippen LogP contribution in [0.25, 0.3) is 127 Å². The third kappa shape index (κ3) is 6.34. The monoisotopic (exact) mass is 878 g/mol. The van der Waals surface area contributed by atoms with Gasteiger partial charge >= 0.3 is 0 Å². The number of pyridine rings is 1. The molecule has 0 amide bonds. The minimum absolute atomic E-state index is 0.913. The van der Waals surface area contributed by atoms with Crippen LogP contribution in [0.3, 0.4) is 0 Å². The normalized spacial score (nSPS) is 11.8. The molecule has 322 valence electrons. The molecule has 0 saturated carbocycles. The lowest BCUT2D eigenvalue weighted by molar-refractivity contribution is 1.13. The van der Waals surface area contributed by atoms with Gasteiger partial charge in [0, 0.05) is 60.5 Å². The van der Waals surface area contributed by atoms with Gasteiger partial charge in [-0.2, -0.15) is 0 Å². The first-order chi connectivity index (χ1) is 34.2. The Morgan fingerprint density at radius 1 is 0.203 bits per heavy atom. The molecule has 0 saturated heterocycles. The second-order valence-electron chi connectivity index (χ2n) is 18.0. The summed E-state index contributed by atoms with van der Waals surface area (Å²) in [6, 6.07) is 92.4. The zero-order valence-electron chi connectivity index (χ0n) is 37.5. The molecule has 0 fully saturated rings. The molecule has 0 spiro atoms. The molecule has 14 aromatic rings. The lowest BCUT2D eigenvalue weighted by Gasteiger charge is -2.17. The van der Waals surface area contributed by atoms with Crippen LogP contribution in [0.15, 0.2) is 255 Å². The van der Waals surface area contributed by atoms with Gasteiger partial charge in [0.25, 0.3) is 0 Å². The first-order valence-corrected chi connectivity index (χ1v) is 23.6. The molecule has 4 aromatic heterocycles. The van der Waals surface area contributed by atoms with Crippen LogP contribution < -0.4 is 0 Å². The largest absolute Gasteiger partial charge is 0.309 e. The smallest absolute Gasteiger partial charge is 0.0715 e. The van der Waals surface area contributed by atoms with Crippen LogP contribution in [0.2, 0.25) is 0 Å². The Labute approximate surface area is 398 Å². The van der Waals surface area contributed by atoms with E-state index in [9.17, 15) is 0 Å². The van der Waals surface area contributed by atoms with Gasteiger partial charge in [-0.1, -0.05) is 170 Å².